The van der Waals surface area contributed by atoms with Gasteiger partial charge in [-0.2, -0.15) is 0 Å². The van der Waals surface area contributed by atoms with E-state index < -0.39 is 6.10 Å². The highest BCUT2D eigenvalue weighted by Gasteiger charge is 2.25. The number of fused-ring (bicyclic) bond motifs is 1. The summed E-state index contributed by atoms with van der Waals surface area (Å²) in [5.41, 5.74) is 3.10. The van der Waals surface area contributed by atoms with Crippen molar-refractivity contribution in [1.82, 2.24) is 0 Å². The molecule has 0 amide bonds. The van der Waals surface area contributed by atoms with Crippen LogP contribution in [0.1, 0.15) is 41.6 Å². The third-order valence-electron chi connectivity index (χ3n) is 4.11. The van der Waals surface area contributed by atoms with Crippen LogP contribution in [0.25, 0.3) is 0 Å². The maximum atomic E-state index is 10.5. The number of hydrogen-bond acceptors (Lipinski definition) is 2. The molecule has 0 spiro atoms. The Kier molecular flexibility index (Phi) is 4.18. The Morgan fingerprint density at radius 1 is 1.29 bits per heavy atom. The standard InChI is InChI=1S/C18H19ClO2/c1-12-6-7-15(16(19)10-12)17(20)11-13-8-9-21-18-5-3-2-4-14(13)18/h2-7,10,13,17,20H,8-9,11H2,1H3. The van der Waals surface area contributed by atoms with E-state index in [1.54, 1.807) is 0 Å². The summed E-state index contributed by atoms with van der Waals surface area (Å²) in [5.74, 6) is 1.25. The van der Waals surface area contributed by atoms with Crippen molar-refractivity contribution in [3.8, 4) is 5.75 Å². The largest absolute Gasteiger partial charge is 0.493 e. The third-order valence-corrected chi connectivity index (χ3v) is 4.43. The Balaban J connectivity index is 1.81. The molecule has 1 N–H and O–H groups in total. The SMILES string of the molecule is Cc1ccc(C(O)CC2CCOc3ccccc32)c(Cl)c1. The van der Waals surface area contributed by atoms with Crippen LogP contribution >= 0.6 is 11.6 Å². The molecule has 21 heavy (non-hydrogen) atoms. The lowest BCUT2D eigenvalue weighted by molar-refractivity contribution is 0.145. The topological polar surface area (TPSA) is 29.5 Å². The zero-order chi connectivity index (χ0) is 14.8. The first-order chi connectivity index (χ1) is 10.1. The highest BCUT2D eigenvalue weighted by Crippen LogP contribution is 2.39. The second kappa shape index (κ2) is 6.08. The molecule has 3 heteroatoms. The highest BCUT2D eigenvalue weighted by atomic mass is 35.5. The summed E-state index contributed by atoms with van der Waals surface area (Å²) in [5, 5.41) is 11.2. The van der Waals surface area contributed by atoms with Crippen LogP contribution in [-0.2, 0) is 0 Å². The van der Waals surface area contributed by atoms with E-state index in [4.69, 9.17) is 16.3 Å². The molecule has 2 aromatic rings. The molecule has 1 aliphatic heterocycles. The van der Waals surface area contributed by atoms with Gasteiger partial charge in [0.1, 0.15) is 5.75 Å². The molecule has 1 heterocycles. The van der Waals surface area contributed by atoms with Crippen LogP contribution in [0.3, 0.4) is 0 Å². The van der Waals surface area contributed by atoms with E-state index in [1.807, 2.05) is 43.3 Å². The van der Waals surface area contributed by atoms with E-state index in [9.17, 15) is 5.11 Å². The van der Waals surface area contributed by atoms with Gasteiger partial charge in [-0.1, -0.05) is 41.9 Å². The summed E-state index contributed by atoms with van der Waals surface area (Å²) < 4.78 is 5.67. The van der Waals surface area contributed by atoms with Crippen molar-refractivity contribution in [3.05, 3.63) is 64.2 Å². The fraction of sp³-hybridized carbons (Fsp3) is 0.333. The molecule has 0 radical (unpaired) electrons. The smallest absolute Gasteiger partial charge is 0.122 e. The van der Waals surface area contributed by atoms with Crippen LogP contribution < -0.4 is 4.74 Å². The minimum Gasteiger partial charge on any atom is -0.493 e. The highest BCUT2D eigenvalue weighted by molar-refractivity contribution is 6.31. The summed E-state index contributed by atoms with van der Waals surface area (Å²) >= 11 is 6.26. The van der Waals surface area contributed by atoms with E-state index >= 15 is 0 Å². The number of halogens is 1. The first-order valence-corrected chi connectivity index (χ1v) is 7.69. The molecule has 2 nitrogen and oxygen atoms in total. The predicted molar refractivity (Wildman–Crippen MR) is 85.1 cm³/mol. The summed E-state index contributed by atoms with van der Waals surface area (Å²) in [6.07, 6.45) is 1.05. The second-order valence-corrected chi connectivity index (χ2v) is 6.06. The van der Waals surface area contributed by atoms with Crippen molar-refractivity contribution in [1.29, 1.82) is 0 Å². The van der Waals surface area contributed by atoms with Gasteiger partial charge in [0.25, 0.3) is 0 Å². The zero-order valence-corrected chi connectivity index (χ0v) is 12.8. The monoisotopic (exact) mass is 302 g/mol. The molecular weight excluding hydrogens is 284 g/mol. The van der Waals surface area contributed by atoms with Gasteiger partial charge < -0.3 is 9.84 Å². The van der Waals surface area contributed by atoms with Gasteiger partial charge in [-0.05, 0) is 54.5 Å². The average molecular weight is 303 g/mol. The summed E-state index contributed by atoms with van der Waals surface area (Å²) in [6, 6.07) is 13.9. The van der Waals surface area contributed by atoms with Crippen LogP contribution in [0.4, 0.5) is 0 Å². The summed E-state index contributed by atoms with van der Waals surface area (Å²) in [6.45, 7) is 2.70. The molecule has 0 saturated heterocycles. The lowest BCUT2D eigenvalue weighted by Crippen LogP contribution is -2.16. The van der Waals surface area contributed by atoms with Gasteiger partial charge in [0.2, 0.25) is 0 Å². The maximum absolute atomic E-state index is 10.5. The first kappa shape index (κ1) is 14.4. The fourth-order valence-electron chi connectivity index (χ4n) is 2.96. The van der Waals surface area contributed by atoms with Crippen molar-refractivity contribution in [2.24, 2.45) is 0 Å². The Hall–Kier alpha value is -1.51. The summed E-state index contributed by atoms with van der Waals surface area (Å²) in [7, 11) is 0. The number of aryl methyl sites for hydroxylation is 1. The van der Waals surface area contributed by atoms with Crippen LogP contribution in [0.2, 0.25) is 5.02 Å². The van der Waals surface area contributed by atoms with Crippen LogP contribution in [0.15, 0.2) is 42.5 Å². The molecule has 0 aliphatic carbocycles. The molecule has 0 saturated carbocycles. The van der Waals surface area contributed by atoms with E-state index in [2.05, 4.69) is 6.07 Å². The van der Waals surface area contributed by atoms with Gasteiger partial charge in [0.15, 0.2) is 0 Å². The number of benzene rings is 2. The number of rotatable bonds is 3. The summed E-state index contributed by atoms with van der Waals surface area (Å²) in [4.78, 5) is 0. The van der Waals surface area contributed by atoms with Crippen LogP contribution in [0.5, 0.6) is 5.75 Å². The van der Waals surface area contributed by atoms with Gasteiger partial charge >= 0.3 is 0 Å². The molecule has 0 bridgehead atoms. The molecule has 110 valence electrons. The van der Waals surface area contributed by atoms with E-state index in [-0.39, 0.29) is 0 Å². The molecule has 0 fully saturated rings. The van der Waals surface area contributed by atoms with Crippen molar-refractivity contribution in [2.75, 3.05) is 6.61 Å². The van der Waals surface area contributed by atoms with Gasteiger partial charge in [-0.3, -0.25) is 0 Å². The lowest BCUT2D eigenvalue weighted by Gasteiger charge is -2.27. The molecule has 2 atom stereocenters. The molecule has 2 unspecified atom stereocenters. The number of ether oxygens (including phenoxy) is 1. The zero-order valence-electron chi connectivity index (χ0n) is 12.1. The van der Waals surface area contributed by atoms with Crippen LogP contribution in [-0.4, -0.2) is 11.7 Å². The molecule has 2 aromatic carbocycles. The van der Waals surface area contributed by atoms with Gasteiger partial charge in [0.05, 0.1) is 12.7 Å². The second-order valence-electron chi connectivity index (χ2n) is 5.65. The maximum Gasteiger partial charge on any atom is 0.122 e. The van der Waals surface area contributed by atoms with Crippen LogP contribution in [0, 0.1) is 6.92 Å². The quantitative estimate of drug-likeness (QED) is 0.895. The Morgan fingerprint density at radius 2 is 2.10 bits per heavy atom. The molecule has 1 aliphatic rings. The Labute approximate surface area is 130 Å². The fourth-order valence-corrected chi connectivity index (χ4v) is 3.32. The minimum absolute atomic E-state index is 0.308. The van der Waals surface area contributed by atoms with Crippen molar-refractivity contribution in [3.63, 3.8) is 0 Å². The average Bonchev–Trinajstić information content (AvgIpc) is 2.47. The number of para-hydroxylation sites is 1. The van der Waals surface area contributed by atoms with E-state index in [0.717, 1.165) is 23.3 Å². The number of aliphatic hydroxyl groups is 1. The normalized spacial score (nSPS) is 18.7. The predicted octanol–water partition coefficient (Wildman–Crippen LogP) is 4.64. The molecular formula is C18H19ClO2. The van der Waals surface area contributed by atoms with Crippen molar-refractivity contribution < 1.29 is 9.84 Å². The molecule has 0 aromatic heterocycles. The van der Waals surface area contributed by atoms with Gasteiger partial charge in [-0.15, -0.1) is 0 Å². The minimum atomic E-state index is -0.547. The van der Waals surface area contributed by atoms with Gasteiger partial charge in [-0.25, -0.2) is 0 Å². The van der Waals surface area contributed by atoms with Crippen molar-refractivity contribution in [2.45, 2.75) is 31.8 Å². The lowest BCUT2D eigenvalue weighted by atomic mass is 9.86. The number of aliphatic hydroxyl groups excluding tert-OH is 1. The molecule has 3 rings (SSSR count). The third kappa shape index (κ3) is 3.07. The number of hydrogen-bond donors (Lipinski definition) is 1. The van der Waals surface area contributed by atoms with E-state index in [1.165, 1.54) is 5.56 Å². The van der Waals surface area contributed by atoms with Crippen molar-refractivity contribution >= 4 is 11.6 Å². The van der Waals surface area contributed by atoms with Gasteiger partial charge in [0, 0.05) is 5.02 Å². The Morgan fingerprint density at radius 3 is 2.90 bits per heavy atom. The Bertz CT molecular complexity index is 639. The first-order valence-electron chi connectivity index (χ1n) is 7.31. The van der Waals surface area contributed by atoms with E-state index in [0.29, 0.717) is 24.0 Å².